The summed E-state index contributed by atoms with van der Waals surface area (Å²) < 4.78 is 5.76. The lowest BCUT2D eigenvalue weighted by atomic mass is 9.84. The molecule has 0 unspecified atom stereocenters. The molecule has 1 heterocycles. The van der Waals surface area contributed by atoms with Gasteiger partial charge in [0.05, 0.1) is 6.61 Å². The Morgan fingerprint density at radius 1 is 1.30 bits per heavy atom. The lowest BCUT2D eigenvalue weighted by Crippen LogP contribution is -2.34. The van der Waals surface area contributed by atoms with Gasteiger partial charge in [0, 0.05) is 29.6 Å². The van der Waals surface area contributed by atoms with Crippen LogP contribution in [-0.2, 0) is 13.0 Å². The van der Waals surface area contributed by atoms with E-state index in [0.29, 0.717) is 6.04 Å². The highest BCUT2D eigenvalue weighted by Crippen LogP contribution is 2.33. The summed E-state index contributed by atoms with van der Waals surface area (Å²) in [5.74, 6) is 1.90. The second-order valence-electron chi connectivity index (χ2n) is 6.22. The van der Waals surface area contributed by atoms with E-state index in [1.165, 1.54) is 43.2 Å². The fourth-order valence-corrected chi connectivity index (χ4v) is 3.81. The zero-order valence-corrected chi connectivity index (χ0v) is 13.0. The second kappa shape index (κ2) is 6.36. The quantitative estimate of drug-likeness (QED) is 0.892. The molecule has 0 aromatic heterocycles. The third-order valence-corrected chi connectivity index (χ3v) is 5.01. The number of fused-ring (bicyclic) bond motifs is 1. The highest BCUT2D eigenvalue weighted by atomic mass is 35.5. The van der Waals surface area contributed by atoms with E-state index in [1.54, 1.807) is 0 Å². The maximum Gasteiger partial charge on any atom is 0.127 e. The van der Waals surface area contributed by atoms with Crippen molar-refractivity contribution in [2.75, 3.05) is 6.61 Å². The Morgan fingerprint density at radius 3 is 2.90 bits per heavy atom. The van der Waals surface area contributed by atoms with Crippen LogP contribution < -0.4 is 10.1 Å². The average molecular weight is 294 g/mol. The molecular formula is C17H24ClNO. The van der Waals surface area contributed by atoms with Gasteiger partial charge in [-0.15, -0.1) is 0 Å². The van der Waals surface area contributed by atoms with Crippen molar-refractivity contribution >= 4 is 11.6 Å². The van der Waals surface area contributed by atoms with E-state index < -0.39 is 0 Å². The average Bonchev–Trinajstić information content (AvgIpc) is 2.93. The van der Waals surface area contributed by atoms with Gasteiger partial charge >= 0.3 is 0 Å². The molecule has 0 saturated heterocycles. The summed E-state index contributed by atoms with van der Waals surface area (Å²) >= 11 is 6.21. The fraction of sp³-hybridized carbons (Fsp3) is 0.647. The number of halogens is 1. The molecule has 0 amide bonds. The topological polar surface area (TPSA) is 21.3 Å². The lowest BCUT2D eigenvalue weighted by Gasteiger charge is -2.28. The van der Waals surface area contributed by atoms with Crippen LogP contribution >= 0.6 is 11.6 Å². The van der Waals surface area contributed by atoms with Crippen molar-refractivity contribution in [3.8, 4) is 5.75 Å². The molecule has 1 saturated carbocycles. The summed E-state index contributed by atoms with van der Waals surface area (Å²) in [4.78, 5) is 0. The molecule has 0 spiro atoms. The first kappa shape index (κ1) is 14.2. The second-order valence-corrected chi connectivity index (χ2v) is 6.66. The summed E-state index contributed by atoms with van der Waals surface area (Å²) in [6, 6.07) is 4.66. The maximum atomic E-state index is 6.21. The third-order valence-electron chi connectivity index (χ3n) is 4.80. The molecule has 1 atom stereocenters. The van der Waals surface area contributed by atoms with Crippen LogP contribution in [0.5, 0.6) is 5.75 Å². The highest BCUT2D eigenvalue weighted by molar-refractivity contribution is 6.30. The molecule has 1 aromatic rings. The van der Waals surface area contributed by atoms with Gasteiger partial charge in [-0.3, -0.25) is 0 Å². The first-order valence-electron chi connectivity index (χ1n) is 7.91. The Kier molecular flexibility index (Phi) is 4.52. The van der Waals surface area contributed by atoms with E-state index in [-0.39, 0.29) is 0 Å². The van der Waals surface area contributed by atoms with Crippen molar-refractivity contribution in [2.45, 2.75) is 58.0 Å². The van der Waals surface area contributed by atoms with E-state index in [9.17, 15) is 0 Å². The van der Waals surface area contributed by atoms with Crippen LogP contribution in [0, 0.1) is 5.92 Å². The predicted molar refractivity (Wildman–Crippen MR) is 83.5 cm³/mol. The number of hydrogen-bond donors (Lipinski definition) is 1. The molecule has 0 bridgehead atoms. The van der Waals surface area contributed by atoms with Crippen molar-refractivity contribution in [2.24, 2.45) is 5.92 Å². The van der Waals surface area contributed by atoms with Gasteiger partial charge < -0.3 is 10.1 Å². The van der Waals surface area contributed by atoms with Crippen molar-refractivity contribution in [1.82, 2.24) is 5.32 Å². The molecule has 2 aliphatic rings. The number of nitrogens with one attached hydrogen (secondary N) is 1. The number of benzene rings is 1. The largest absolute Gasteiger partial charge is 0.493 e. The van der Waals surface area contributed by atoms with Crippen LogP contribution in [0.3, 0.4) is 0 Å². The Labute approximate surface area is 126 Å². The van der Waals surface area contributed by atoms with Gasteiger partial charge in [0.25, 0.3) is 0 Å². The molecule has 0 radical (unpaired) electrons. The van der Waals surface area contributed by atoms with Crippen LogP contribution in [0.1, 0.15) is 50.2 Å². The normalized spacial score (nSPS) is 20.5. The van der Waals surface area contributed by atoms with E-state index in [2.05, 4.69) is 12.2 Å². The van der Waals surface area contributed by atoms with E-state index in [4.69, 9.17) is 16.3 Å². The maximum absolute atomic E-state index is 6.21. The van der Waals surface area contributed by atoms with Crippen LogP contribution in [0.15, 0.2) is 12.1 Å². The Balaban J connectivity index is 1.63. The summed E-state index contributed by atoms with van der Waals surface area (Å²) in [6.45, 7) is 3.98. The molecule has 3 heteroatoms. The Bertz CT molecular complexity index is 468. The minimum atomic E-state index is 0.575. The molecule has 2 nitrogen and oxygen atoms in total. The molecule has 110 valence electrons. The summed E-state index contributed by atoms with van der Waals surface area (Å²) in [7, 11) is 0. The molecule has 1 N–H and O–H groups in total. The van der Waals surface area contributed by atoms with Gasteiger partial charge in [0.15, 0.2) is 0 Å². The zero-order valence-electron chi connectivity index (χ0n) is 12.3. The monoisotopic (exact) mass is 293 g/mol. The lowest BCUT2D eigenvalue weighted by molar-refractivity contribution is 0.279. The van der Waals surface area contributed by atoms with Gasteiger partial charge in [-0.1, -0.05) is 30.9 Å². The summed E-state index contributed by atoms with van der Waals surface area (Å²) in [6.07, 6.45) is 7.94. The molecule has 1 fully saturated rings. The molecule has 20 heavy (non-hydrogen) atoms. The van der Waals surface area contributed by atoms with Crippen molar-refractivity contribution in [1.29, 1.82) is 0 Å². The predicted octanol–water partition coefficient (Wildman–Crippen LogP) is 4.33. The Morgan fingerprint density at radius 2 is 2.10 bits per heavy atom. The highest BCUT2D eigenvalue weighted by Gasteiger charge is 2.21. The zero-order chi connectivity index (χ0) is 13.9. The number of hydrogen-bond acceptors (Lipinski definition) is 2. The molecule has 1 aromatic carbocycles. The van der Waals surface area contributed by atoms with Gasteiger partial charge in [-0.2, -0.15) is 0 Å². The molecular weight excluding hydrogens is 270 g/mol. The molecule has 1 aliphatic carbocycles. The van der Waals surface area contributed by atoms with Gasteiger partial charge in [-0.25, -0.2) is 0 Å². The minimum absolute atomic E-state index is 0.575. The SMILES string of the molecule is C[C@H](NCc1cc(Cl)cc2c1OCC2)C1CCCCC1. The summed E-state index contributed by atoms with van der Waals surface area (Å²) in [5.41, 5.74) is 2.48. The van der Waals surface area contributed by atoms with Gasteiger partial charge in [0.1, 0.15) is 5.75 Å². The van der Waals surface area contributed by atoms with Crippen LogP contribution in [0.2, 0.25) is 5.02 Å². The van der Waals surface area contributed by atoms with Crippen LogP contribution in [-0.4, -0.2) is 12.6 Å². The smallest absolute Gasteiger partial charge is 0.127 e. The van der Waals surface area contributed by atoms with Gasteiger partial charge in [-0.05, 0) is 43.4 Å². The van der Waals surface area contributed by atoms with E-state index in [1.807, 2.05) is 12.1 Å². The standard InChI is InChI=1S/C17H24ClNO/c1-12(13-5-3-2-4-6-13)19-11-15-10-16(18)9-14-7-8-20-17(14)15/h9-10,12-13,19H,2-8,11H2,1H3/t12-/m0/s1. The number of rotatable bonds is 4. The van der Waals surface area contributed by atoms with Crippen molar-refractivity contribution in [3.05, 3.63) is 28.3 Å². The van der Waals surface area contributed by atoms with Crippen LogP contribution in [0.4, 0.5) is 0 Å². The van der Waals surface area contributed by atoms with Crippen molar-refractivity contribution < 1.29 is 4.74 Å². The third kappa shape index (κ3) is 3.12. The van der Waals surface area contributed by atoms with Crippen molar-refractivity contribution in [3.63, 3.8) is 0 Å². The molecule has 3 rings (SSSR count). The summed E-state index contributed by atoms with van der Waals surface area (Å²) in [5, 5.41) is 4.52. The number of ether oxygens (including phenoxy) is 1. The fourth-order valence-electron chi connectivity index (χ4n) is 3.55. The van der Waals surface area contributed by atoms with E-state index in [0.717, 1.165) is 36.3 Å². The first-order valence-corrected chi connectivity index (χ1v) is 8.29. The first-order chi connectivity index (χ1) is 9.74. The van der Waals surface area contributed by atoms with Gasteiger partial charge in [0.2, 0.25) is 0 Å². The molecule has 1 aliphatic heterocycles. The van der Waals surface area contributed by atoms with Crippen LogP contribution in [0.25, 0.3) is 0 Å². The minimum Gasteiger partial charge on any atom is -0.493 e. The Hall–Kier alpha value is -0.730. The van der Waals surface area contributed by atoms with E-state index >= 15 is 0 Å².